The minimum atomic E-state index is 0.785. The Morgan fingerprint density at radius 3 is 2.57 bits per heavy atom. The smallest absolute Gasteiger partial charge is 0.0190 e. The van der Waals surface area contributed by atoms with Crippen LogP contribution in [0.5, 0.6) is 0 Å². The molecule has 1 saturated heterocycles. The van der Waals surface area contributed by atoms with Crippen molar-refractivity contribution in [1.29, 1.82) is 0 Å². The topological polar surface area (TPSA) is 15.3 Å². The van der Waals surface area contributed by atoms with E-state index in [2.05, 4.69) is 30.6 Å². The zero-order valence-corrected chi connectivity index (χ0v) is 9.68. The normalized spacial score (nSPS) is 18.8. The van der Waals surface area contributed by atoms with Crippen molar-refractivity contribution in [3.63, 3.8) is 0 Å². The van der Waals surface area contributed by atoms with E-state index in [1.807, 2.05) is 0 Å². The standard InChI is InChI=1S/C12H24N2/c1-4-9-14(10-11(2)3)12-5-7-13-8-6-12/h12-13H,2,4-10H2,1,3H3. The van der Waals surface area contributed by atoms with Gasteiger partial charge < -0.3 is 5.32 Å². The second-order valence-corrected chi connectivity index (χ2v) is 4.41. The molecule has 0 aliphatic carbocycles. The Bertz CT molecular complexity index is 171. The van der Waals surface area contributed by atoms with E-state index in [1.165, 1.54) is 44.5 Å². The third kappa shape index (κ3) is 3.81. The molecule has 1 rings (SSSR count). The molecule has 0 amide bonds. The van der Waals surface area contributed by atoms with E-state index in [-0.39, 0.29) is 0 Å². The van der Waals surface area contributed by atoms with E-state index >= 15 is 0 Å². The van der Waals surface area contributed by atoms with Crippen LogP contribution in [0.4, 0.5) is 0 Å². The number of hydrogen-bond acceptors (Lipinski definition) is 2. The zero-order chi connectivity index (χ0) is 10.4. The molecule has 0 aromatic heterocycles. The van der Waals surface area contributed by atoms with E-state index in [4.69, 9.17) is 0 Å². The zero-order valence-electron chi connectivity index (χ0n) is 9.68. The molecule has 1 heterocycles. The van der Waals surface area contributed by atoms with Gasteiger partial charge in [-0.25, -0.2) is 0 Å². The third-order valence-corrected chi connectivity index (χ3v) is 2.81. The van der Waals surface area contributed by atoms with Gasteiger partial charge in [0.1, 0.15) is 0 Å². The van der Waals surface area contributed by atoms with Crippen molar-refractivity contribution in [2.45, 2.75) is 39.2 Å². The number of nitrogens with zero attached hydrogens (tertiary/aromatic N) is 1. The Morgan fingerprint density at radius 1 is 1.43 bits per heavy atom. The maximum absolute atomic E-state index is 4.01. The highest BCUT2D eigenvalue weighted by molar-refractivity contribution is 4.94. The Kier molecular flexibility index (Phi) is 5.20. The predicted molar refractivity (Wildman–Crippen MR) is 62.6 cm³/mol. The lowest BCUT2D eigenvalue weighted by Crippen LogP contribution is -2.44. The summed E-state index contributed by atoms with van der Waals surface area (Å²) in [6.07, 6.45) is 3.85. The summed E-state index contributed by atoms with van der Waals surface area (Å²) in [4.78, 5) is 2.60. The van der Waals surface area contributed by atoms with Crippen LogP contribution in [0.15, 0.2) is 12.2 Å². The molecular formula is C12H24N2. The van der Waals surface area contributed by atoms with Gasteiger partial charge in [0, 0.05) is 12.6 Å². The molecule has 14 heavy (non-hydrogen) atoms. The summed E-state index contributed by atoms with van der Waals surface area (Å²) in [5.41, 5.74) is 1.29. The monoisotopic (exact) mass is 196 g/mol. The molecule has 1 N–H and O–H groups in total. The van der Waals surface area contributed by atoms with E-state index < -0.39 is 0 Å². The Labute approximate surface area is 88.4 Å². The second-order valence-electron chi connectivity index (χ2n) is 4.41. The summed E-state index contributed by atoms with van der Waals surface area (Å²) in [6, 6.07) is 0.785. The predicted octanol–water partition coefficient (Wildman–Crippen LogP) is 2.03. The lowest BCUT2D eigenvalue weighted by Gasteiger charge is -2.34. The quantitative estimate of drug-likeness (QED) is 0.677. The minimum Gasteiger partial charge on any atom is -0.317 e. The van der Waals surface area contributed by atoms with Crippen LogP contribution in [0.25, 0.3) is 0 Å². The first-order valence-electron chi connectivity index (χ1n) is 5.83. The van der Waals surface area contributed by atoms with Gasteiger partial charge in [0.2, 0.25) is 0 Å². The van der Waals surface area contributed by atoms with E-state index in [1.54, 1.807) is 0 Å². The molecule has 0 spiro atoms. The molecule has 0 aromatic carbocycles. The summed E-state index contributed by atoms with van der Waals surface area (Å²) < 4.78 is 0. The fourth-order valence-electron chi connectivity index (χ4n) is 2.20. The molecular weight excluding hydrogens is 172 g/mol. The largest absolute Gasteiger partial charge is 0.317 e. The highest BCUT2D eigenvalue weighted by Gasteiger charge is 2.19. The average molecular weight is 196 g/mol. The van der Waals surface area contributed by atoms with Crippen molar-refractivity contribution in [2.24, 2.45) is 0 Å². The molecule has 0 aromatic rings. The van der Waals surface area contributed by atoms with Crippen LogP contribution >= 0.6 is 0 Å². The molecule has 0 radical (unpaired) electrons. The SMILES string of the molecule is C=C(C)CN(CCC)C1CCNCC1. The molecule has 0 saturated carbocycles. The molecule has 1 aliphatic rings. The summed E-state index contributed by atoms with van der Waals surface area (Å²) in [6.45, 7) is 13.1. The van der Waals surface area contributed by atoms with E-state index in [0.717, 1.165) is 12.6 Å². The van der Waals surface area contributed by atoms with Gasteiger partial charge in [0.05, 0.1) is 0 Å². The second kappa shape index (κ2) is 6.20. The van der Waals surface area contributed by atoms with Gasteiger partial charge in [0.15, 0.2) is 0 Å². The number of hydrogen-bond donors (Lipinski definition) is 1. The third-order valence-electron chi connectivity index (χ3n) is 2.81. The molecule has 1 aliphatic heterocycles. The average Bonchev–Trinajstić information content (AvgIpc) is 2.18. The molecule has 82 valence electrons. The first-order valence-corrected chi connectivity index (χ1v) is 5.83. The summed E-state index contributed by atoms with van der Waals surface area (Å²) >= 11 is 0. The van der Waals surface area contributed by atoms with Crippen LogP contribution in [0.1, 0.15) is 33.1 Å². The molecule has 2 heteroatoms. The lowest BCUT2D eigenvalue weighted by molar-refractivity contribution is 0.175. The first-order chi connectivity index (χ1) is 6.74. The summed E-state index contributed by atoms with van der Waals surface area (Å²) in [7, 11) is 0. The van der Waals surface area contributed by atoms with Crippen molar-refractivity contribution in [1.82, 2.24) is 10.2 Å². The molecule has 0 bridgehead atoms. The minimum absolute atomic E-state index is 0.785. The molecule has 2 nitrogen and oxygen atoms in total. The van der Waals surface area contributed by atoms with Crippen LogP contribution in [0.3, 0.4) is 0 Å². The van der Waals surface area contributed by atoms with Gasteiger partial charge in [-0.3, -0.25) is 4.90 Å². The molecule has 1 fully saturated rings. The van der Waals surface area contributed by atoms with Crippen molar-refractivity contribution in [2.75, 3.05) is 26.2 Å². The molecule has 0 atom stereocenters. The fraction of sp³-hybridized carbons (Fsp3) is 0.833. The lowest BCUT2D eigenvalue weighted by atomic mass is 10.0. The first kappa shape index (κ1) is 11.7. The number of rotatable bonds is 5. The van der Waals surface area contributed by atoms with Gasteiger partial charge in [0.25, 0.3) is 0 Å². The summed E-state index contributed by atoms with van der Waals surface area (Å²) in [5.74, 6) is 0. The highest BCUT2D eigenvalue weighted by Crippen LogP contribution is 2.13. The van der Waals surface area contributed by atoms with Crippen molar-refractivity contribution in [3.8, 4) is 0 Å². The van der Waals surface area contributed by atoms with Crippen LogP contribution in [0, 0.1) is 0 Å². The van der Waals surface area contributed by atoms with Crippen LogP contribution in [-0.4, -0.2) is 37.1 Å². The highest BCUT2D eigenvalue weighted by atomic mass is 15.2. The Hall–Kier alpha value is -0.340. The van der Waals surface area contributed by atoms with E-state index in [9.17, 15) is 0 Å². The Balaban J connectivity index is 2.42. The maximum Gasteiger partial charge on any atom is 0.0190 e. The maximum atomic E-state index is 4.01. The van der Waals surface area contributed by atoms with Crippen molar-refractivity contribution >= 4 is 0 Å². The van der Waals surface area contributed by atoms with Crippen LogP contribution < -0.4 is 5.32 Å². The van der Waals surface area contributed by atoms with Gasteiger partial charge >= 0.3 is 0 Å². The fourth-order valence-corrected chi connectivity index (χ4v) is 2.20. The Morgan fingerprint density at radius 2 is 2.07 bits per heavy atom. The van der Waals surface area contributed by atoms with Gasteiger partial charge in [-0.15, -0.1) is 0 Å². The van der Waals surface area contributed by atoms with Crippen LogP contribution in [0.2, 0.25) is 0 Å². The van der Waals surface area contributed by atoms with E-state index in [0.29, 0.717) is 0 Å². The van der Waals surface area contributed by atoms with Gasteiger partial charge in [-0.05, 0) is 45.8 Å². The van der Waals surface area contributed by atoms with Crippen molar-refractivity contribution in [3.05, 3.63) is 12.2 Å². The number of piperidine rings is 1. The van der Waals surface area contributed by atoms with Gasteiger partial charge in [-0.2, -0.15) is 0 Å². The number of nitrogens with one attached hydrogen (secondary N) is 1. The van der Waals surface area contributed by atoms with Crippen molar-refractivity contribution < 1.29 is 0 Å². The van der Waals surface area contributed by atoms with Crippen LogP contribution in [-0.2, 0) is 0 Å². The summed E-state index contributed by atoms with van der Waals surface area (Å²) in [5, 5.41) is 3.42. The molecule has 0 unspecified atom stereocenters. The van der Waals surface area contributed by atoms with Gasteiger partial charge in [-0.1, -0.05) is 19.1 Å².